The summed E-state index contributed by atoms with van der Waals surface area (Å²) in [7, 11) is -7.34. The molecule has 0 saturated heterocycles. The van der Waals surface area contributed by atoms with Gasteiger partial charge in [0, 0.05) is 24.8 Å². The molecule has 1 saturated carbocycles. The van der Waals surface area contributed by atoms with Crippen LogP contribution in [0.25, 0.3) is 16.8 Å². The second-order valence-corrected chi connectivity index (χ2v) is 13.4. The minimum Gasteiger partial charge on any atom is -0.381 e. The van der Waals surface area contributed by atoms with E-state index in [0.717, 1.165) is 12.0 Å². The summed E-state index contributed by atoms with van der Waals surface area (Å²) in [5.41, 5.74) is 2.33. The van der Waals surface area contributed by atoms with Gasteiger partial charge in [-0.3, -0.25) is 4.40 Å². The Bertz CT molecular complexity index is 1660. The zero-order valence-corrected chi connectivity index (χ0v) is 23.2. The van der Waals surface area contributed by atoms with E-state index >= 15 is 0 Å². The third kappa shape index (κ3) is 4.95. The number of aryl methyl sites for hydroxylation is 1. The van der Waals surface area contributed by atoms with E-state index in [-0.39, 0.29) is 40.8 Å². The lowest BCUT2D eigenvalue weighted by atomic mass is 9.93. The van der Waals surface area contributed by atoms with Crippen LogP contribution in [0.1, 0.15) is 50.4 Å². The van der Waals surface area contributed by atoms with E-state index in [1.165, 1.54) is 16.4 Å². The predicted octanol–water partition coefficient (Wildman–Crippen LogP) is 2.85. The first-order valence-corrected chi connectivity index (χ1v) is 15.8. The van der Waals surface area contributed by atoms with Crippen LogP contribution >= 0.6 is 0 Å². The molecule has 5 rings (SSSR count). The number of aromatic nitrogens is 5. The predicted molar refractivity (Wildman–Crippen MR) is 143 cm³/mol. The lowest BCUT2D eigenvalue weighted by molar-refractivity contribution is 0.163. The SMILES string of the molecule is CCOCCS(=O)(=O)N[C@H]1C[C@@H](CC)[C@@H](c2nnc3cnc4c(ccn4S(=O)(=O)c4ccc(C)cc4)n23)C1. The van der Waals surface area contributed by atoms with E-state index in [4.69, 9.17) is 4.74 Å². The summed E-state index contributed by atoms with van der Waals surface area (Å²) >= 11 is 0. The van der Waals surface area contributed by atoms with Gasteiger partial charge in [0.05, 0.1) is 29.0 Å². The normalized spacial score (nSPS) is 20.6. The van der Waals surface area contributed by atoms with Crippen LogP contribution in [0.2, 0.25) is 0 Å². The van der Waals surface area contributed by atoms with Crippen LogP contribution in [0.15, 0.2) is 47.6 Å². The summed E-state index contributed by atoms with van der Waals surface area (Å²) in [6.45, 7) is 6.43. The maximum atomic E-state index is 13.4. The molecular weight excluding hydrogens is 528 g/mol. The lowest BCUT2D eigenvalue weighted by Crippen LogP contribution is -2.36. The molecule has 1 N–H and O–H groups in total. The van der Waals surface area contributed by atoms with Crippen LogP contribution in [0, 0.1) is 12.8 Å². The summed E-state index contributed by atoms with van der Waals surface area (Å²) < 4.78 is 63.1. The summed E-state index contributed by atoms with van der Waals surface area (Å²) in [5.74, 6) is 0.726. The van der Waals surface area contributed by atoms with Gasteiger partial charge < -0.3 is 4.74 Å². The number of hydrogen-bond acceptors (Lipinski definition) is 8. The van der Waals surface area contributed by atoms with Crippen molar-refractivity contribution in [1.29, 1.82) is 0 Å². The number of fused-ring (bicyclic) bond motifs is 3. The Balaban J connectivity index is 1.49. The highest BCUT2D eigenvalue weighted by atomic mass is 32.2. The molecular formula is C25H32N6O5S2. The van der Waals surface area contributed by atoms with Gasteiger partial charge in [-0.05, 0) is 50.8 Å². The summed E-state index contributed by atoms with van der Waals surface area (Å²) in [5, 5.41) is 8.78. The number of nitrogens with zero attached hydrogens (tertiary/aromatic N) is 5. The summed E-state index contributed by atoms with van der Waals surface area (Å²) in [6.07, 6.45) is 5.11. The van der Waals surface area contributed by atoms with Crippen molar-refractivity contribution in [1.82, 2.24) is 28.3 Å². The van der Waals surface area contributed by atoms with Crippen LogP contribution < -0.4 is 4.72 Å². The second kappa shape index (κ2) is 10.4. The Morgan fingerprint density at radius 3 is 2.53 bits per heavy atom. The molecule has 0 amide bonds. The van der Waals surface area contributed by atoms with Gasteiger partial charge in [-0.2, -0.15) is 0 Å². The van der Waals surface area contributed by atoms with Crippen molar-refractivity contribution in [3.05, 3.63) is 54.1 Å². The molecule has 0 bridgehead atoms. The van der Waals surface area contributed by atoms with E-state index < -0.39 is 20.0 Å². The number of hydrogen-bond donors (Lipinski definition) is 1. The first-order chi connectivity index (χ1) is 18.1. The molecule has 0 unspecified atom stereocenters. The quantitative estimate of drug-likeness (QED) is 0.292. The van der Waals surface area contributed by atoms with Gasteiger partial charge in [-0.25, -0.2) is 30.5 Å². The maximum Gasteiger partial charge on any atom is 0.269 e. The summed E-state index contributed by atoms with van der Waals surface area (Å²) in [6, 6.07) is 8.16. The molecule has 1 aliphatic carbocycles. The van der Waals surface area contributed by atoms with Crippen molar-refractivity contribution in [2.75, 3.05) is 19.0 Å². The van der Waals surface area contributed by atoms with Gasteiger partial charge in [-0.15, -0.1) is 10.2 Å². The van der Waals surface area contributed by atoms with Gasteiger partial charge in [-0.1, -0.05) is 31.0 Å². The van der Waals surface area contributed by atoms with Crippen LogP contribution in [0.5, 0.6) is 0 Å². The average molecular weight is 561 g/mol. The fourth-order valence-electron chi connectivity index (χ4n) is 5.32. The fraction of sp³-hybridized carbons (Fsp3) is 0.480. The molecule has 0 spiro atoms. The van der Waals surface area contributed by atoms with Gasteiger partial charge in [0.1, 0.15) is 5.82 Å². The van der Waals surface area contributed by atoms with Crippen LogP contribution in [0.4, 0.5) is 0 Å². The highest BCUT2D eigenvalue weighted by Crippen LogP contribution is 2.41. The minimum absolute atomic E-state index is 0.0581. The third-order valence-corrected chi connectivity index (χ3v) is 10.3. The smallest absolute Gasteiger partial charge is 0.269 e. The number of nitrogens with one attached hydrogen (secondary N) is 1. The number of rotatable bonds is 10. The van der Waals surface area contributed by atoms with Gasteiger partial charge in [0.2, 0.25) is 10.0 Å². The van der Waals surface area contributed by atoms with Crippen molar-refractivity contribution in [2.45, 2.75) is 56.9 Å². The Hall–Kier alpha value is -2.87. The van der Waals surface area contributed by atoms with Crippen molar-refractivity contribution in [3.63, 3.8) is 0 Å². The molecule has 0 aliphatic heterocycles. The van der Waals surface area contributed by atoms with E-state index in [1.54, 1.807) is 30.3 Å². The van der Waals surface area contributed by atoms with Crippen molar-refractivity contribution < 1.29 is 21.6 Å². The van der Waals surface area contributed by atoms with E-state index in [9.17, 15) is 16.8 Å². The monoisotopic (exact) mass is 560 g/mol. The van der Waals surface area contributed by atoms with Crippen LogP contribution in [-0.2, 0) is 24.8 Å². The molecule has 1 aromatic carbocycles. The fourth-order valence-corrected chi connectivity index (χ4v) is 7.78. The van der Waals surface area contributed by atoms with Gasteiger partial charge in [0.15, 0.2) is 11.3 Å². The van der Waals surface area contributed by atoms with Crippen molar-refractivity contribution >= 4 is 36.9 Å². The lowest BCUT2D eigenvalue weighted by Gasteiger charge is -2.16. The molecule has 1 aliphatic rings. The summed E-state index contributed by atoms with van der Waals surface area (Å²) in [4.78, 5) is 4.59. The largest absolute Gasteiger partial charge is 0.381 e. The molecule has 3 atom stereocenters. The maximum absolute atomic E-state index is 13.4. The molecule has 3 aromatic heterocycles. The molecule has 4 aromatic rings. The highest BCUT2D eigenvalue weighted by molar-refractivity contribution is 7.90. The molecule has 204 valence electrons. The Morgan fingerprint density at radius 1 is 1.05 bits per heavy atom. The van der Waals surface area contributed by atoms with Gasteiger partial charge >= 0.3 is 0 Å². The zero-order chi connectivity index (χ0) is 27.1. The second-order valence-electron chi connectivity index (χ2n) is 9.73. The molecule has 0 radical (unpaired) electrons. The molecule has 38 heavy (non-hydrogen) atoms. The van der Waals surface area contributed by atoms with Gasteiger partial charge in [0.25, 0.3) is 10.0 Å². The van der Waals surface area contributed by atoms with Crippen LogP contribution in [0.3, 0.4) is 0 Å². The number of benzene rings is 1. The van der Waals surface area contributed by atoms with E-state index in [1.807, 2.05) is 18.2 Å². The third-order valence-electron chi connectivity index (χ3n) is 7.24. The molecule has 13 heteroatoms. The Kier molecular flexibility index (Phi) is 7.29. The number of ether oxygens (including phenoxy) is 1. The zero-order valence-electron chi connectivity index (χ0n) is 21.6. The first kappa shape index (κ1) is 26.7. The average Bonchev–Trinajstić information content (AvgIpc) is 3.59. The molecule has 3 heterocycles. The Labute approximate surface area is 222 Å². The Morgan fingerprint density at radius 2 is 1.82 bits per heavy atom. The molecule has 11 nitrogen and oxygen atoms in total. The van der Waals surface area contributed by atoms with Crippen LogP contribution in [-0.4, -0.2) is 65.4 Å². The topological polar surface area (TPSA) is 138 Å². The van der Waals surface area contributed by atoms with Crippen molar-refractivity contribution in [3.8, 4) is 0 Å². The number of sulfonamides is 1. The molecule has 1 fully saturated rings. The first-order valence-electron chi connectivity index (χ1n) is 12.8. The van der Waals surface area contributed by atoms with E-state index in [0.29, 0.717) is 36.4 Å². The minimum atomic E-state index is -3.86. The standard InChI is InChI=1S/C25H32N6O5S2/c1-4-18-14-19(29-37(32,33)13-12-36-5-2)15-21(18)24-28-27-23-16-26-25-22(31(23)24)10-11-30(25)38(34,35)20-8-6-17(3)7-9-20/h6-11,16,18-19,21,29H,4-5,12-15H2,1-3H3/t18-,19+,21+/m1/s1. The highest BCUT2D eigenvalue weighted by Gasteiger charge is 2.39. The van der Waals surface area contributed by atoms with Crippen molar-refractivity contribution in [2.24, 2.45) is 5.92 Å². The van der Waals surface area contributed by atoms with E-state index in [2.05, 4.69) is 26.8 Å².